The normalized spacial score (nSPS) is 24.7. The second-order valence-corrected chi connectivity index (χ2v) is 3.96. The van der Waals surface area contributed by atoms with Crippen LogP contribution in [0.2, 0.25) is 0 Å². The molecule has 11 heavy (non-hydrogen) atoms. The minimum Gasteiger partial charge on any atom is -0.102 e. The Morgan fingerprint density at radius 2 is 1.27 bits per heavy atom. The lowest BCUT2D eigenvalue weighted by molar-refractivity contribution is 0.367. The van der Waals surface area contributed by atoms with Gasteiger partial charge in [0.1, 0.15) is 0 Å². The molecular formula is C11H16. The maximum Gasteiger partial charge on any atom is 0.0112 e. The number of rotatable bonds is 4. The largest absolute Gasteiger partial charge is 0.102 e. The van der Waals surface area contributed by atoms with Crippen LogP contribution in [0.25, 0.3) is 0 Å². The first-order chi connectivity index (χ1) is 5.33. The Bertz CT molecular complexity index is 160. The molecule has 2 fully saturated rings. The fraction of sp³-hybridized carbons (Fsp3) is 0.636. The maximum atomic E-state index is 3.96. The summed E-state index contributed by atoms with van der Waals surface area (Å²) in [5, 5.41) is 0. The van der Waals surface area contributed by atoms with Crippen molar-refractivity contribution in [2.45, 2.75) is 25.7 Å². The molecule has 0 bridgehead atoms. The third-order valence-corrected chi connectivity index (χ3v) is 3.28. The molecule has 0 N–H and O–H groups in total. The summed E-state index contributed by atoms with van der Waals surface area (Å²) in [5.74, 6) is 1.79. The predicted octanol–water partition coefficient (Wildman–Crippen LogP) is 3.16. The third kappa shape index (κ3) is 0.962. The van der Waals surface area contributed by atoms with Gasteiger partial charge in [-0.1, -0.05) is 12.2 Å². The topological polar surface area (TPSA) is 0 Å². The van der Waals surface area contributed by atoms with Crippen molar-refractivity contribution >= 4 is 0 Å². The van der Waals surface area contributed by atoms with Crippen LogP contribution in [-0.4, -0.2) is 0 Å². The van der Waals surface area contributed by atoms with Gasteiger partial charge in [-0.3, -0.25) is 0 Å². The summed E-state index contributed by atoms with van der Waals surface area (Å²) in [6.45, 7) is 7.91. The quantitative estimate of drug-likeness (QED) is 0.537. The molecule has 0 saturated heterocycles. The molecule has 0 heterocycles. The zero-order valence-electron chi connectivity index (χ0n) is 7.05. The van der Waals surface area contributed by atoms with Crippen LogP contribution in [0.5, 0.6) is 0 Å². The van der Waals surface area contributed by atoms with Crippen molar-refractivity contribution in [2.75, 3.05) is 0 Å². The van der Waals surface area contributed by atoms with Gasteiger partial charge in [-0.05, 0) is 37.5 Å². The van der Waals surface area contributed by atoms with Crippen molar-refractivity contribution in [3.63, 3.8) is 0 Å². The molecule has 0 aromatic carbocycles. The highest BCUT2D eigenvalue weighted by atomic mass is 14.5. The molecule has 0 aromatic rings. The first-order valence-corrected chi connectivity index (χ1v) is 4.60. The summed E-state index contributed by atoms with van der Waals surface area (Å²) in [6.07, 6.45) is 9.89. The van der Waals surface area contributed by atoms with Crippen molar-refractivity contribution in [1.82, 2.24) is 0 Å². The smallest absolute Gasteiger partial charge is 0.0112 e. The van der Waals surface area contributed by atoms with E-state index in [4.69, 9.17) is 0 Å². The second kappa shape index (κ2) is 2.23. The highest BCUT2D eigenvalue weighted by molar-refractivity contribution is 5.19. The van der Waals surface area contributed by atoms with E-state index in [1.807, 2.05) is 0 Å². The number of hydrogen-bond acceptors (Lipinski definition) is 0. The zero-order chi connectivity index (χ0) is 7.90. The fourth-order valence-corrected chi connectivity index (χ4v) is 2.25. The molecule has 0 heteroatoms. The Labute approximate surface area is 69.0 Å². The summed E-state index contributed by atoms with van der Waals surface area (Å²) in [4.78, 5) is 0. The number of allylic oxidation sites excluding steroid dienone is 2. The fourth-order valence-electron chi connectivity index (χ4n) is 2.25. The lowest BCUT2D eigenvalue weighted by Crippen LogP contribution is -2.19. The summed E-state index contributed by atoms with van der Waals surface area (Å²) in [5.41, 5.74) is 0.333. The summed E-state index contributed by atoms with van der Waals surface area (Å²) >= 11 is 0. The van der Waals surface area contributed by atoms with Crippen molar-refractivity contribution in [3.05, 3.63) is 25.3 Å². The van der Waals surface area contributed by atoms with Crippen LogP contribution in [0.3, 0.4) is 0 Å². The average molecular weight is 148 g/mol. The van der Waals surface area contributed by atoms with Crippen LogP contribution >= 0.6 is 0 Å². The average Bonchev–Trinajstić information content (AvgIpc) is 2.87. The lowest BCUT2D eigenvalue weighted by Gasteiger charge is -2.26. The van der Waals surface area contributed by atoms with E-state index in [2.05, 4.69) is 25.3 Å². The molecule has 2 saturated carbocycles. The molecule has 2 rings (SSSR count). The van der Waals surface area contributed by atoms with Gasteiger partial charge < -0.3 is 0 Å². The minimum absolute atomic E-state index is 0.333. The molecule has 0 atom stereocenters. The Kier molecular flexibility index (Phi) is 1.45. The summed E-state index contributed by atoms with van der Waals surface area (Å²) in [7, 11) is 0. The molecule has 0 radical (unpaired) electrons. The maximum absolute atomic E-state index is 3.96. The van der Waals surface area contributed by atoms with E-state index in [1.54, 1.807) is 0 Å². The van der Waals surface area contributed by atoms with Gasteiger partial charge in [0.25, 0.3) is 0 Å². The molecule has 0 unspecified atom stereocenters. The van der Waals surface area contributed by atoms with Gasteiger partial charge >= 0.3 is 0 Å². The molecule has 0 aromatic heterocycles. The molecule has 0 amide bonds. The van der Waals surface area contributed by atoms with E-state index in [9.17, 15) is 0 Å². The van der Waals surface area contributed by atoms with E-state index < -0.39 is 0 Å². The van der Waals surface area contributed by atoms with Crippen LogP contribution < -0.4 is 0 Å². The van der Waals surface area contributed by atoms with Gasteiger partial charge in [-0.2, -0.15) is 0 Å². The number of hydrogen-bond donors (Lipinski definition) is 0. The van der Waals surface area contributed by atoms with Crippen molar-refractivity contribution in [1.29, 1.82) is 0 Å². The highest BCUT2D eigenvalue weighted by Gasteiger charge is 2.50. The van der Waals surface area contributed by atoms with Gasteiger partial charge in [0, 0.05) is 5.41 Å². The van der Waals surface area contributed by atoms with Gasteiger partial charge in [-0.25, -0.2) is 0 Å². The van der Waals surface area contributed by atoms with Crippen LogP contribution in [-0.2, 0) is 0 Å². The Morgan fingerprint density at radius 1 is 0.909 bits per heavy atom. The van der Waals surface area contributed by atoms with Crippen molar-refractivity contribution in [2.24, 2.45) is 17.3 Å². The predicted molar refractivity (Wildman–Crippen MR) is 48.3 cm³/mol. The standard InChI is InChI=1S/C11H16/c1-3-11(4-2,9-5-6-9)10-7-8-10/h3-4,9-10H,1-2,5-8H2. The van der Waals surface area contributed by atoms with Gasteiger partial charge in [0.2, 0.25) is 0 Å². The van der Waals surface area contributed by atoms with Gasteiger partial charge in [0.05, 0.1) is 0 Å². The SMILES string of the molecule is C=CC(C=C)(C1CC1)C1CC1. The van der Waals surface area contributed by atoms with Gasteiger partial charge in [0.15, 0.2) is 0 Å². The van der Waals surface area contributed by atoms with Crippen LogP contribution in [0.1, 0.15) is 25.7 Å². The van der Waals surface area contributed by atoms with Crippen LogP contribution in [0, 0.1) is 17.3 Å². The molecule has 0 aliphatic heterocycles. The minimum atomic E-state index is 0.333. The van der Waals surface area contributed by atoms with Crippen LogP contribution in [0.15, 0.2) is 25.3 Å². The highest BCUT2D eigenvalue weighted by Crippen LogP contribution is 2.59. The molecule has 0 nitrogen and oxygen atoms in total. The van der Waals surface area contributed by atoms with Crippen LogP contribution in [0.4, 0.5) is 0 Å². The molecule has 60 valence electrons. The van der Waals surface area contributed by atoms with Crippen molar-refractivity contribution in [3.8, 4) is 0 Å². The van der Waals surface area contributed by atoms with E-state index in [-0.39, 0.29) is 0 Å². The Balaban J connectivity index is 2.20. The first-order valence-electron chi connectivity index (χ1n) is 4.60. The Hall–Kier alpha value is -0.520. The lowest BCUT2D eigenvalue weighted by atomic mass is 9.78. The van der Waals surface area contributed by atoms with Crippen molar-refractivity contribution < 1.29 is 0 Å². The zero-order valence-corrected chi connectivity index (χ0v) is 7.05. The van der Waals surface area contributed by atoms with Gasteiger partial charge in [-0.15, -0.1) is 13.2 Å². The molecule has 2 aliphatic carbocycles. The van der Waals surface area contributed by atoms with E-state index in [0.717, 1.165) is 11.8 Å². The molecular weight excluding hydrogens is 132 g/mol. The molecule has 0 spiro atoms. The summed E-state index contributed by atoms with van der Waals surface area (Å²) in [6, 6.07) is 0. The Morgan fingerprint density at radius 3 is 1.45 bits per heavy atom. The first kappa shape index (κ1) is 7.15. The van der Waals surface area contributed by atoms with E-state index >= 15 is 0 Å². The summed E-state index contributed by atoms with van der Waals surface area (Å²) < 4.78 is 0. The second-order valence-electron chi connectivity index (χ2n) is 3.96. The van der Waals surface area contributed by atoms with E-state index in [0.29, 0.717) is 5.41 Å². The third-order valence-electron chi connectivity index (χ3n) is 3.28. The monoisotopic (exact) mass is 148 g/mol. The molecule has 2 aliphatic rings. The van der Waals surface area contributed by atoms with E-state index in [1.165, 1.54) is 25.7 Å².